The topological polar surface area (TPSA) is 169 Å². The minimum absolute atomic E-state index is 0.0649. The summed E-state index contributed by atoms with van der Waals surface area (Å²) in [5.41, 5.74) is 7.53. The largest absolute Gasteiger partial charge is 0.477 e. The maximum Gasteiger partial charge on any atom is 0.352 e. The number of aliphatic carboxylic acids is 1. The number of nitrogens with one attached hydrogen (secondary N) is 1. The molecule has 2 aliphatic rings. The number of hydrogen-bond donors (Lipinski definition) is 3. The Morgan fingerprint density at radius 1 is 1.50 bits per heavy atom. The van der Waals surface area contributed by atoms with Crippen molar-refractivity contribution in [1.29, 1.82) is 0 Å². The number of carbonyl (C=O) groups is 3. The molecular formula is C16H15ClN8O4S3. The summed E-state index contributed by atoms with van der Waals surface area (Å²) in [5, 5.41) is 25.4. The summed E-state index contributed by atoms with van der Waals surface area (Å²) in [6, 6.07) is -0.887. The van der Waals surface area contributed by atoms with Gasteiger partial charge in [0.15, 0.2) is 5.13 Å². The van der Waals surface area contributed by atoms with E-state index < -0.39 is 29.2 Å². The Balaban J connectivity index is 1.48. The number of thioether (sulfide) groups is 2. The standard InChI is InChI=1S/C16H15ClN8O4S3/c1-24-16(21-22-23-24)32-4-6-3-30-13-9(12(27)25(13)10(6)14(28)29)20-11(26)7(2-17)8-5-31-15(18)19-8/h2,5,9,13H,3-4H2,1H3,(H2,18,19)(H,20,26)(H,28,29)/b7-2+/t9?,13-/m1/s1. The number of hydrogen-bond acceptors (Lipinski definition) is 11. The number of carboxylic acid groups (broad SMARTS) is 1. The van der Waals surface area contributed by atoms with Crippen molar-refractivity contribution in [1.82, 2.24) is 35.4 Å². The molecule has 2 aromatic heterocycles. The summed E-state index contributed by atoms with van der Waals surface area (Å²) in [6.45, 7) is 0. The molecule has 2 aliphatic heterocycles. The number of aryl methyl sites for hydroxylation is 1. The van der Waals surface area contributed by atoms with Gasteiger partial charge in [-0.05, 0) is 16.0 Å². The maximum atomic E-state index is 12.8. The van der Waals surface area contributed by atoms with Crippen molar-refractivity contribution in [2.45, 2.75) is 16.6 Å². The number of amides is 2. The SMILES string of the molecule is Cn1nnnc1SCC1=C(C(=O)O)N2C(=O)C(NC(=O)/C(=C/Cl)c3csc(N)n3)[C@H]2SC1. The van der Waals surface area contributed by atoms with Gasteiger partial charge in [0.2, 0.25) is 5.16 Å². The van der Waals surface area contributed by atoms with Gasteiger partial charge in [0.1, 0.15) is 17.1 Å². The van der Waals surface area contributed by atoms with Crippen LogP contribution in [-0.4, -0.2) is 75.9 Å². The lowest BCUT2D eigenvalue weighted by molar-refractivity contribution is -0.150. The third-order valence-electron chi connectivity index (χ3n) is 4.64. The molecule has 1 saturated heterocycles. The fourth-order valence-corrected chi connectivity index (χ4v) is 6.25. The molecule has 2 atom stereocenters. The number of β-lactam (4-membered cyclic amide) rings is 1. The summed E-state index contributed by atoms with van der Waals surface area (Å²) < 4.78 is 1.47. The summed E-state index contributed by atoms with van der Waals surface area (Å²) in [7, 11) is 1.68. The number of rotatable bonds is 7. The zero-order valence-electron chi connectivity index (χ0n) is 16.3. The van der Waals surface area contributed by atoms with E-state index in [2.05, 4.69) is 25.8 Å². The molecule has 0 spiro atoms. The highest BCUT2D eigenvalue weighted by Crippen LogP contribution is 2.41. The first-order chi connectivity index (χ1) is 15.3. The van der Waals surface area contributed by atoms with Crippen LogP contribution in [0.3, 0.4) is 0 Å². The van der Waals surface area contributed by atoms with Crippen molar-refractivity contribution in [3.8, 4) is 0 Å². The fourth-order valence-electron chi connectivity index (χ4n) is 3.14. The Morgan fingerprint density at radius 3 is 2.88 bits per heavy atom. The molecule has 0 bridgehead atoms. The van der Waals surface area contributed by atoms with Crippen LogP contribution >= 0.6 is 46.5 Å². The van der Waals surface area contributed by atoms with Crippen LogP contribution in [0.25, 0.3) is 5.57 Å². The highest BCUT2D eigenvalue weighted by Gasteiger charge is 2.54. The van der Waals surface area contributed by atoms with Gasteiger partial charge in [-0.3, -0.25) is 14.5 Å². The summed E-state index contributed by atoms with van der Waals surface area (Å²) >= 11 is 9.59. The first kappa shape index (κ1) is 22.6. The number of tetrazole rings is 1. The monoisotopic (exact) mass is 514 g/mol. The predicted molar refractivity (Wildman–Crippen MR) is 120 cm³/mol. The lowest BCUT2D eigenvalue weighted by Gasteiger charge is -2.49. The first-order valence-corrected chi connectivity index (χ1v) is 12.2. The van der Waals surface area contributed by atoms with Gasteiger partial charge in [0.25, 0.3) is 11.8 Å². The van der Waals surface area contributed by atoms with Gasteiger partial charge < -0.3 is 16.2 Å². The molecule has 1 unspecified atom stereocenters. The van der Waals surface area contributed by atoms with Crippen LogP contribution in [0.15, 0.2) is 27.3 Å². The molecule has 168 valence electrons. The minimum atomic E-state index is -1.21. The average molecular weight is 515 g/mol. The Hall–Kier alpha value is -2.62. The molecule has 0 aromatic carbocycles. The second-order valence-electron chi connectivity index (χ2n) is 6.59. The first-order valence-electron chi connectivity index (χ1n) is 8.89. The molecular weight excluding hydrogens is 500 g/mol. The molecule has 32 heavy (non-hydrogen) atoms. The van der Waals surface area contributed by atoms with Crippen molar-refractivity contribution in [2.24, 2.45) is 7.05 Å². The van der Waals surface area contributed by atoms with E-state index in [4.69, 9.17) is 17.3 Å². The van der Waals surface area contributed by atoms with Crippen molar-refractivity contribution >= 4 is 74.9 Å². The van der Waals surface area contributed by atoms with Crippen molar-refractivity contribution in [3.05, 3.63) is 27.9 Å². The van der Waals surface area contributed by atoms with Crippen LogP contribution in [0.1, 0.15) is 5.69 Å². The van der Waals surface area contributed by atoms with Crippen LogP contribution in [0.2, 0.25) is 0 Å². The number of carboxylic acids is 1. The highest BCUT2D eigenvalue weighted by atomic mass is 35.5. The molecule has 4 N–H and O–H groups in total. The number of nitrogens with two attached hydrogens (primary N) is 1. The fraction of sp³-hybridized carbons (Fsp3) is 0.312. The third-order valence-corrected chi connectivity index (χ3v) is 7.97. The normalized spacial score (nSPS) is 20.8. The number of nitrogen functional groups attached to an aromatic ring is 1. The average Bonchev–Trinajstić information content (AvgIpc) is 3.37. The second-order valence-corrected chi connectivity index (χ2v) is 9.74. The number of fused-ring (bicyclic) bond motifs is 1. The van der Waals surface area contributed by atoms with Gasteiger partial charge in [-0.2, -0.15) is 0 Å². The molecule has 2 amide bonds. The molecule has 0 radical (unpaired) electrons. The summed E-state index contributed by atoms with van der Waals surface area (Å²) in [4.78, 5) is 42.7. The predicted octanol–water partition coefficient (Wildman–Crippen LogP) is 0.359. The van der Waals surface area contributed by atoms with Gasteiger partial charge >= 0.3 is 5.97 Å². The third kappa shape index (κ3) is 4.07. The lowest BCUT2D eigenvalue weighted by atomic mass is 10.0. The van der Waals surface area contributed by atoms with Crippen molar-refractivity contribution < 1.29 is 19.5 Å². The molecule has 4 rings (SSSR count). The zero-order chi connectivity index (χ0) is 23.0. The minimum Gasteiger partial charge on any atom is -0.477 e. The van der Waals surface area contributed by atoms with E-state index in [1.165, 1.54) is 33.1 Å². The quantitative estimate of drug-likeness (QED) is 0.265. The van der Waals surface area contributed by atoms with E-state index >= 15 is 0 Å². The van der Waals surface area contributed by atoms with E-state index in [9.17, 15) is 19.5 Å². The van der Waals surface area contributed by atoms with Crippen LogP contribution in [0, 0.1) is 0 Å². The lowest BCUT2D eigenvalue weighted by Crippen LogP contribution is -2.70. The number of nitrogens with zero attached hydrogens (tertiary/aromatic N) is 6. The second kappa shape index (κ2) is 9.09. The molecule has 16 heteroatoms. The Kier molecular flexibility index (Phi) is 6.41. The van der Waals surface area contributed by atoms with E-state index in [1.54, 1.807) is 12.4 Å². The Labute approximate surface area is 198 Å². The van der Waals surface area contributed by atoms with E-state index in [1.807, 2.05) is 0 Å². The maximum absolute atomic E-state index is 12.8. The smallest absolute Gasteiger partial charge is 0.352 e. The number of anilines is 1. The number of thiazole rings is 1. The van der Waals surface area contributed by atoms with E-state index in [0.717, 1.165) is 16.9 Å². The number of aromatic nitrogens is 5. The Morgan fingerprint density at radius 2 is 2.28 bits per heavy atom. The Bertz CT molecular complexity index is 1160. The van der Waals surface area contributed by atoms with Crippen LogP contribution in [0.4, 0.5) is 5.13 Å². The van der Waals surface area contributed by atoms with Gasteiger partial charge in [-0.15, -0.1) is 28.2 Å². The van der Waals surface area contributed by atoms with E-state index in [-0.39, 0.29) is 16.4 Å². The molecule has 0 saturated carbocycles. The van der Waals surface area contributed by atoms with Crippen LogP contribution in [-0.2, 0) is 21.4 Å². The van der Waals surface area contributed by atoms with Crippen LogP contribution in [0.5, 0.6) is 0 Å². The van der Waals surface area contributed by atoms with Gasteiger partial charge in [-0.25, -0.2) is 14.5 Å². The van der Waals surface area contributed by atoms with Gasteiger partial charge in [0, 0.05) is 29.5 Å². The molecule has 0 aliphatic carbocycles. The highest BCUT2D eigenvalue weighted by molar-refractivity contribution is 8.01. The molecule has 2 aromatic rings. The molecule has 1 fully saturated rings. The molecule has 12 nitrogen and oxygen atoms in total. The van der Waals surface area contributed by atoms with Gasteiger partial charge in [-0.1, -0.05) is 23.4 Å². The number of halogens is 1. The number of carbonyl (C=O) groups excluding carboxylic acids is 2. The summed E-state index contributed by atoms with van der Waals surface area (Å²) in [5.74, 6) is -1.63. The zero-order valence-corrected chi connectivity index (χ0v) is 19.5. The van der Waals surface area contributed by atoms with E-state index in [0.29, 0.717) is 27.9 Å². The van der Waals surface area contributed by atoms with Crippen LogP contribution < -0.4 is 11.1 Å². The van der Waals surface area contributed by atoms with Gasteiger partial charge in [0.05, 0.1) is 11.3 Å². The molecule has 4 heterocycles. The summed E-state index contributed by atoms with van der Waals surface area (Å²) in [6.07, 6.45) is 0. The van der Waals surface area contributed by atoms with Crippen molar-refractivity contribution in [2.75, 3.05) is 17.2 Å². The van der Waals surface area contributed by atoms with Crippen molar-refractivity contribution in [3.63, 3.8) is 0 Å².